The second-order valence-corrected chi connectivity index (χ2v) is 5.33. The summed E-state index contributed by atoms with van der Waals surface area (Å²) in [6.07, 6.45) is 1.13. The first-order valence-corrected chi connectivity index (χ1v) is 7.23. The number of benzene rings is 1. The van der Waals surface area contributed by atoms with Gasteiger partial charge in [0.1, 0.15) is 0 Å². The molecule has 1 aromatic carbocycles. The molecule has 0 bridgehead atoms. The number of halogens is 2. The Morgan fingerprint density at radius 2 is 1.89 bits per heavy atom. The third-order valence-corrected chi connectivity index (χ3v) is 3.53. The van der Waals surface area contributed by atoms with Crippen molar-refractivity contribution < 1.29 is 0 Å². The number of alkyl halides is 1. The largest absolute Gasteiger partial charge is 0.371 e. The van der Waals surface area contributed by atoms with E-state index in [9.17, 15) is 0 Å². The summed E-state index contributed by atoms with van der Waals surface area (Å²) in [5.74, 6) is 0.507. The molecule has 1 rings (SSSR count). The van der Waals surface area contributed by atoms with Gasteiger partial charge in [-0.25, -0.2) is 0 Å². The molecular weight excluding hydrogens is 267 g/mol. The number of hydrogen-bond donors (Lipinski definition) is 0. The molecule has 0 saturated carbocycles. The van der Waals surface area contributed by atoms with Crippen LogP contribution in [0.25, 0.3) is 0 Å². The molecule has 0 saturated heterocycles. The molecule has 4 heteroatoms. The van der Waals surface area contributed by atoms with E-state index in [0.717, 1.165) is 42.3 Å². The van der Waals surface area contributed by atoms with Crippen molar-refractivity contribution in [3.63, 3.8) is 0 Å². The monoisotopic (exact) mass is 288 g/mol. The van der Waals surface area contributed by atoms with Gasteiger partial charge < -0.3 is 9.80 Å². The van der Waals surface area contributed by atoms with Gasteiger partial charge in [-0.3, -0.25) is 0 Å². The maximum absolute atomic E-state index is 6.31. The molecule has 18 heavy (non-hydrogen) atoms. The molecule has 2 nitrogen and oxygen atoms in total. The van der Waals surface area contributed by atoms with Gasteiger partial charge in [0.15, 0.2) is 0 Å². The minimum atomic E-state index is 0.507. The number of hydrogen-bond acceptors (Lipinski definition) is 2. The van der Waals surface area contributed by atoms with Gasteiger partial charge in [0.2, 0.25) is 0 Å². The average molecular weight is 289 g/mol. The Hall–Kier alpha value is -0.440. The van der Waals surface area contributed by atoms with Crippen LogP contribution in [0.15, 0.2) is 18.2 Å². The lowest BCUT2D eigenvalue weighted by molar-refractivity contribution is 0.400. The standard InChI is InChI=1S/C14H22Cl2N2/c1-4-18(9-5-8-17(2)3)14-7-6-12(11-15)10-13(14)16/h6-7,10H,4-5,8-9,11H2,1-3H3. The van der Waals surface area contributed by atoms with Crippen molar-refractivity contribution >= 4 is 28.9 Å². The van der Waals surface area contributed by atoms with Gasteiger partial charge in [0.25, 0.3) is 0 Å². The van der Waals surface area contributed by atoms with Crippen molar-refractivity contribution in [1.82, 2.24) is 4.90 Å². The first kappa shape index (κ1) is 15.6. The Labute approximate surface area is 120 Å². The molecule has 1 aromatic rings. The molecule has 0 aromatic heterocycles. The van der Waals surface area contributed by atoms with Crippen LogP contribution in [0.4, 0.5) is 5.69 Å². The predicted molar refractivity (Wildman–Crippen MR) is 82.1 cm³/mol. The van der Waals surface area contributed by atoms with E-state index in [1.807, 2.05) is 12.1 Å². The van der Waals surface area contributed by atoms with E-state index < -0.39 is 0 Å². The van der Waals surface area contributed by atoms with E-state index in [1.54, 1.807) is 0 Å². The fourth-order valence-corrected chi connectivity index (χ4v) is 2.41. The predicted octanol–water partition coefficient (Wildman–Crippen LogP) is 3.86. The lowest BCUT2D eigenvalue weighted by atomic mass is 10.2. The molecular formula is C14H22Cl2N2. The fourth-order valence-electron chi connectivity index (χ4n) is 1.92. The molecule has 0 aliphatic carbocycles. The third kappa shape index (κ3) is 4.68. The second kappa shape index (κ2) is 7.88. The van der Waals surface area contributed by atoms with Crippen molar-refractivity contribution in [1.29, 1.82) is 0 Å². The van der Waals surface area contributed by atoms with Crippen LogP contribution in [0.2, 0.25) is 5.02 Å². The highest BCUT2D eigenvalue weighted by atomic mass is 35.5. The first-order valence-electron chi connectivity index (χ1n) is 6.32. The molecule has 0 fully saturated rings. The highest BCUT2D eigenvalue weighted by molar-refractivity contribution is 6.33. The lowest BCUT2D eigenvalue weighted by Crippen LogP contribution is -2.27. The van der Waals surface area contributed by atoms with Gasteiger partial charge >= 0.3 is 0 Å². The second-order valence-electron chi connectivity index (χ2n) is 4.66. The summed E-state index contributed by atoms with van der Waals surface area (Å²) in [5, 5.41) is 0.792. The van der Waals surface area contributed by atoms with Crippen molar-refractivity contribution in [3.8, 4) is 0 Å². The van der Waals surface area contributed by atoms with E-state index in [-0.39, 0.29) is 0 Å². The highest BCUT2D eigenvalue weighted by Gasteiger charge is 2.09. The van der Waals surface area contributed by atoms with Crippen molar-refractivity contribution in [2.24, 2.45) is 0 Å². The Kier molecular flexibility index (Phi) is 6.83. The molecule has 0 heterocycles. The number of nitrogens with zero attached hydrogens (tertiary/aromatic N) is 2. The van der Waals surface area contributed by atoms with Crippen LogP contribution in [0.3, 0.4) is 0 Å². The average Bonchev–Trinajstić information content (AvgIpc) is 2.35. The Balaban J connectivity index is 2.69. The fraction of sp³-hybridized carbons (Fsp3) is 0.571. The zero-order chi connectivity index (χ0) is 13.5. The molecule has 0 radical (unpaired) electrons. The SMILES string of the molecule is CCN(CCCN(C)C)c1ccc(CCl)cc1Cl. The normalized spacial score (nSPS) is 11.0. The van der Waals surface area contributed by atoms with Crippen LogP contribution in [-0.4, -0.2) is 38.6 Å². The molecule has 102 valence electrons. The smallest absolute Gasteiger partial charge is 0.0642 e. The lowest BCUT2D eigenvalue weighted by Gasteiger charge is -2.25. The van der Waals surface area contributed by atoms with E-state index in [0.29, 0.717) is 5.88 Å². The third-order valence-electron chi connectivity index (χ3n) is 2.92. The van der Waals surface area contributed by atoms with Crippen molar-refractivity contribution in [2.45, 2.75) is 19.2 Å². The van der Waals surface area contributed by atoms with Gasteiger partial charge in [-0.1, -0.05) is 17.7 Å². The van der Waals surface area contributed by atoms with E-state index >= 15 is 0 Å². The summed E-state index contributed by atoms with van der Waals surface area (Å²) in [5.41, 5.74) is 2.17. The quantitative estimate of drug-likeness (QED) is 0.703. The topological polar surface area (TPSA) is 6.48 Å². The summed E-state index contributed by atoms with van der Waals surface area (Å²) in [4.78, 5) is 4.51. The zero-order valence-corrected chi connectivity index (χ0v) is 12.9. The van der Waals surface area contributed by atoms with Gasteiger partial charge in [-0.2, -0.15) is 0 Å². The molecule has 0 spiro atoms. The maximum atomic E-state index is 6.31. The molecule has 0 aliphatic heterocycles. The minimum Gasteiger partial charge on any atom is -0.371 e. The van der Waals surface area contributed by atoms with E-state index in [1.165, 1.54) is 0 Å². The van der Waals surface area contributed by atoms with Crippen molar-refractivity contribution in [3.05, 3.63) is 28.8 Å². The molecule has 0 N–H and O–H groups in total. The number of anilines is 1. The van der Waals surface area contributed by atoms with Crippen LogP contribution in [0, 0.1) is 0 Å². The molecule has 0 unspecified atom stereocenters. The molecule has 0 amide bonds. The van der Waals surface area contributed by atoms with Crippen LogP contribution in [-0.2, 0) is 5.88 Å². The van der Waals surface area contributed by atoms with Gasteiger partial charge in [-0.15, -0.1) is 11.6 Å². The van der Waals surface area contributed by atoms with Crippen LogP contribution >= 0.6 is 23.2 Å². The molecule has 0 atom stereocenters. The molecule has 0 aliphatic rings. The highest BCUT2D eigenvalue weighted by Crippen LogP contribution is 2.27. The summed E-state index contributed by atoms with van der Waals surface area (Å²) < 4.78 is 0. The van der Waals surface area contributed by atoms with Crippen LogP contribution < -0.4 is 4.90 Å². The Bertz CT molecular complexity index is 367. The summed E-state index contributed by atoms with van der Waals surface area (Å²) >= 11 is 12.1. The van der Waals surface area contributed by atoms with Crippen molar-refractivity contribution in [2.75, 3.05) is 38.6 Å². The van der Waals surface area contributed by atoms with Gasteiger partial charge in [0.05, 0.1) is 10.7 Å². The first-order chi connectivity index (χ1) is 8.58. The van der Waals surface area contributed by atoms with Crippen LogP contribution in [0.5, 0.6) is 0 Å². The van der Waals surface area contributed by atoms with Gasteiger partial charge in [-0.05, 0) is 51.7 Å². The van der Waals surface area contributed by atoms with E-state index in [2.05, 4.69) is 36.9 Å². The minimum absolute atomic E-state index is 0.507. The summed E-state index contributed by atoms with van der Waals surface area (Å²) in [6, 6.07) is 6.07. The number of rotatable bonds is 7. The van der Waals surface area contributed by atoms with Gasteiger partial charge in [0, 0.05) is 19.0 Å². The Morgan fingerprint density at radius 1 is 1.17 bits per heavy atom. The zero-order valence-electron chi connectivity index (χ0n) is 11.4. The summed E-state index contributed by atoms with van der Waals surface area (Å²) in [6.45, 7) is 5.23. The summed E-state index contributed by atoms with van der Waals surface area (Å²) in [7, 11) is 4.19. The van der Waals surface area contributed by atoms with E-state index in [4.69, 9.17) is 23.2 Å². The maximum Gasteiger partial charge on any atom is 0.0642 e. The van der Waals surface area contributed by atoms with Crippen LogP contribution in [0.1, 0.15) is 18.9 Å². The Morgan fingerprint density at radius 3 is 2.39 bits per heavy atom.